The number of amides is 1. The molecule has 2 heterocycles. The molecule has 1 aliphatic rings. The molecule has 0 fully saturated rings. The molecule has 1 aliphatic heterocycles. The number of carbonyl (C=O) groups is 1. The van der Waals surface area contributed by atoms with Crippen molar-refractivity contribution in [1.29, 1.82) is 0 Å². The Kier molecular flexibility index (Phi) is 2.21. The maximum absolute atomic E-state index is 11.2. The summed E-state index contributed by atoms with van der Waals surface area (Å²) in [5.74, 6) is 0.0551. The van der Waals surface area contributed by atoms with Crippen LogP contribution in [0.4, 0.5) is 0 Å². The highest BCUT2D eigenvalue weighted by Gasteiger charge is 2.22. The molecule has 0 unspecified atom stereocenters. The second-order valence-electron chi connectivity index (χ2n) is 2.77. The van der Waals surface area contributed by atoms with Crippen molar-refractivity contribution in [2.75, 3.05) is 7.05 Å². The summed E-state index contributed by atoms with van der Waals surface area (Å²) >= 11 is 4.96. The molecule has 2 rings (SSSR count). The molecule has 3 nitrogen and oxygen atoms in total. The van der Waals surface area contributed by atoms with Crippen LogP contribution in [-0.4, -0.2) is 23.7 Å². The van der Waals surface area contributed by atoms with Gasteiger partial charge in [0.2, 0.25) is 5.91 Å². The number of rotatable bonds is 1. The monoisotopic (exact) mass is 258 g/mol. The zero-order valence-corrected chi connectivity index (χ0v) is 9.35. The zero-order chi connectivity index (χ0) is 9.42. The molecule has 1 aromatic rings. The molecular formula is C8H7BrN2OS. The van der Waals surface area contributed by atoms with Crippen LogP contribution in [0.1, 0.15) is 11.3 Å². The molecule has 13 heavy (non-hydrogen) atoms. The van der Waals surface area contributed by atoms with E-state index in [1.165, 1.54) is 5.01 Å². The number of hydrazone groups is 1. The van der Waals surface area contributed by atoms with Gasteiger partial charge in [-0.1, -0.05) is 0 Å². The summed E-state index contributed by atoms with van der Waals surface area (Å²) in [6, 6.07) is 1.98. The first-order valence-electron chi connectivity index (χ1n) is 3.75. The number of thiophene rings is 1. The summed E-state index contributed by atoms with van der Waals surface area (Å²) in [7, 11) is 1.68. The van der Waals surface area contributed by atoms with Gasteiger partial charge in [-0.2, -0.15) is 5.10 Å². The minimum atomic E-state index is 0.0551. The predicted molar refractivity (Wildman–Crippen MR) is 55.9 cm³/mol. The minimum absolute atomic E-state index is 0.0551. The van der Waals surface area contributed by atoms with Gasteiger partial charge in [-0.15, -0.1) is 11.3 Å². The minimum Gasteiger partial charge on any atom is -0.273 e. The highest BCUT2D eigenvalue weighted by molar-refractivity contribution is 9.10. The summed E-state index contributed by atoms with van der Waals surface area (Å²) in [5.41, 5.74) is 0.864. The van der Waals surface area contributed by atoms with Crippen LogP contribution < -0.4 is 0 Å². The van der Waals surface area contributed by atoms with Crippen molar-refractivity contribution in [2.45, 2.75) is 6.42 Å². The van der Waals surface area contributed by atoms with E-state index >= 15 is 0 Å². The van der Waals surface area contributed by atoms with E-state index in [1.807, 2.05) is 11.4 Å². The molecular weight excluding hydrogens is 252 g/mol. The Morgan fingerprint density at radius 2 is 2.46 bits per heavy atom. The second-order valence-corrected chi connectivity index (χ2v) is 4.60. The van der Waals surface area contributed by atoms with Gasteiger partial charge in [0.25, 0.3) is 0 Å². The first-order chi connectivity index (χ1) is 6.16. The normalized spacial score (nSPS) is 16.6. The first-order valence-corrected chi connectivity index (χ1v) is 5.42. The van der Waals surface area contributed by atoms with Gasteiger partial charge >= 0.3 is 0 Å². The van der Waals surface area contributed by atoms with Crippen molar-refractivity contribution in [1.82, 2.24) is 5.01 Å². The lowest BCUT2D eigenvalue weighted by Gasteiger charge is -1.98. The van der Waals surface area contributed by atoms with Gasteiger partial charge in [0.05, 0.1) is 17.0 Å². The van der Waals surface area contributed by atoms with E-state index in [-0.39, 0.29) is 5.91 Å². The van der Waals surface area contributed by atoms with E-state index in [4.69, 9.17) is 0 Å². The molecule has 0 N–H and O–H groups in total. The molecule has 0 bridgehead atoms. The number of nitrogens with zero attached hydrogens (tertiary/aromatic N) is 2. The standard InChI is InChI=1S/C8H7BrN2OS/c1-11-8(12)3-6(10-11)7-2-5(9)4-13-7/h2,4H,3H2,1H3. The molecule has 68 valence electrons. The molecule has 0 spiro atoms. The van der Waals surface area contributed by atoms with Gasteiger partial charge in [0.15, 0.2) is 0 Å². The molecule has 0 radical (unpaired) electrons. The highest BCUT2D eigenvalue weighted by Crippen LogP contribution is 2.23. The summed E-state index contributed by atoms with van der Waals surface area (Å²) in [4.78, 5) is 12.2. The number of hydrogen-bond acceptors (Lipinski definition) is 3. The molecule has 0 saturated carbocycles. The van der Waals surface area contributed by atoms with Gasteiger partial charge in [-0.05, 0) is 22.0 Å². The number of hydrogen-bond donors (Lipinski definition) is 0. The lowest BCUT2D eigenvalue weighted by atomic mass is 10.2. The van der Waals surface area contributed by atoms with E-state index in [1.54, 1.807) is 18.4 Å². The van der Waals surface area contributed by atoms with E-state index in [2.05, 4.69) is 21.0 Å². The molecule has 1 aromatic heterocycles. The molecule has 5 heteroatoms. The maximum atomic E-state index is 11.2. The molecule has 0 aromatic carbocycles. The first kappa shape index (κ1) is 8.90. The van der Waals surface area contributed by atoms with Gasteiger partial charge in [-0.25, -0.2) is 5.01 Å². The third-order valence-corrected chi connectivity index (χ3v) is 3.54. The van der Waals surface area contributed by atoms with Gasteiger partial charge in [0.1, 0.15) is 0 Å². The Morgan fingerprint density at radius 3 is 2.92 bits per heavy atom. The van der Waals surface area contributed by atoms with Crippen LogP contribution in [0.5, 0.6) is 0 Å². The molecule has 1 amide bonds. The SMILES string of the molecule is CN1N=C(c2cc(Br)cs2)CC1=O. The largest absolute Gasteiger partial charge is 0.273 e. The van der Waals surface area contributed by atoms with Gasteiger partial charge < -0.3 is 0 Å². The van der Waals surface area contributed by atoms with Crippen molar-refractivity contribution in [3.8, 4) is 0 Å². The molecule has 0 saturated heterocycles. The van der Waals surface area contributed by atoms with Crippen LogP contribution in [0.25, 0.3) is 0 Å². The van der Waals surface area contributed by atoms with Crippen LogP contribution in [0.15, 0.2) is 21.0 Å². The van der Waals surface area contributed by atoms with Crippen molar-refractivity contribution < 1.29 is 4.79 Å². The van der Waals surface area contributed by atoms with Crippen molar-refractivity contribution in [3.63, 3.8) is 0 Å². The van der Waals surface area contributed by atoms with Crippen molar-refractivity contribution in [3.05, 3.63) is 20.8 Å². The fraction of sp³-hybridized carbons (Fsp3) is 0.250. The van der Waals surface area contributed by atoms with Crippen LogP contribution in [0.2, 0.25) is 0 Å². The topological polar surface area (TPSA) is 32.7 Å². The van der Waals surface area contributed by atoms with Crippen LogP contribution in [0, 0.1) is 0 Å². The molecule has 0 aliphatic carbocycles. The maximum Gasteiger partial charge on any atom is 0.248 e. The summed E-state index contributed by atoms with van der Waals surface area (Å²) in [6.07, 6.45) is 0.420. The fourth-order valence-electron chi connectivity index (χ4n) is 1.13. The Morgan fingerprint density at radius 1 is 1.69 bits per heavy atom. The van der Waals surface area contributed by atoms with Crippen molar-refractivity contribution in [2.24, 2.45) is 5.10 Å². The third kappa shape index (κ3) is 1.66. The van der Waals surface area contributed by atoms with E-state index < -0.39 is 0 Å². The summed E-state index contributed by atoms with van der Waals surface area (Å²) in [6.45, 7) is 0. The average molecular weight is 259 g/mol. The summed E-state index contributed by atoms with van der Waals surface area (Å²) < 4.78 is 1.04. The Balaban J connectivity index is 2.29. The van der Waals surface area contributed by atoms with Crippen LogP contribution >= 0.6 is 27.3 Å². The van der Waals surface area contributed by atoms with E-state index in [9.17, 15) is 4.79 Å². The lowest BCUT2D eigenvalue weighted by Crippen LogP contribution is -2.13. The molecule has 0 atom stereocenters. The second kappa shape index (κ2) is 3.23. The predicted octanol–water partition coefficient (Wildman–Crippen LogP) is 2.08. The smallest absolute Gasteiger partial charge is 0.248 e. The summed E-state index contributed by atoms with van der Waals surface area (Å²) in [5, 5.41) is 7.52. The number of carbonyl (C=O) groups excluding carboxylic acids is 1. The Labute approximate surface area is 88.2 Å². The third-order valence-electron chi connectivity index (χ3n) is 1.80. The van der Waals surface area contributed by atoms with Crippen LogP contribution in [0.3, 0.4) is 0 Å². The highest BCUT2D eigenvalue weighted by atomic mass is 79.9. The van der Waals surface area contributed by atoms with Crippen LogP contribution in [-0.2, 0) is 4.79 Å². The average Bonchev–Trinajstić information content (AvgIpc) is 2.61. The van der Waals surface area contributed by atoms with E-state index in [0.717, 1.165) is 15.1 Å². The van der Waals surface area contributed by atoms with E-state index in [0.29, 0.717) is 6.42 Å². The lowest BCUT2D eigenvalue weighted by molar-refractivity contribution is -0.127. The van der Waals surface area contributed by atoms with Gasteiger partial charge in [-0.3, -0.25) is 4.79 Å². The fourth-order valence-corrected chi connectivity index (χ4v) is 2.54. The quantitative estimate of drug-likeness (QED) is 0.760. The van der Waals surface area contributed by atoms with Crippen molar-refractivity contribution >= 4 is 38.9 Å². The Bertz CT molecular complexity index is 385. The number of halogens is 1. The Hall–Kier alpha value is -0.680. The zero-order valence-electron chi connectivity index (χ0n) is 6.95. The van der Waals surface area contributed by atoms with Gasteiger partial charge in [0, 0.05) is 16.9 Å².